The van der Waals surface area contributed by atoms with Crippen LogP contribution >= 0.6 is 0 Å². The van der Waals surface area contributed by atoms with Crippen LogP contribution in [-0.2, 0) is 16.1 Å². The summed E-state index contributed by atoms with van der Waals surface area (Å²) < 4.78 is 4.79. The molecule has 0 radical (unpaired) electrons. The molecule has 0 atom stereocenters. The first-order valence-electron chi connectivity index (χ1n) is 7.42. The molecule has 2 rings (SSSR count). The zero-order valence-corrected chi connectivity index (χ0v) is 13.7. The molecule has 0 fully saturated rings. The third kappa shape index (κ3) is 4.82. The molecule has 2 aromatic carbocycles. The van der Waals surface area contributed by atoms with Gasteiger partial charge in [0.1, 0.15) is 6.61 Å². The summed E-state index contributed by atoms with van der Waals surface area (Å²) >= 11 is 0. The summed E-state index contributed by atoms with van der Waals surface area (Å²) in [5.74, 6) is -1.14. The van der Waals surface area contributed by atoms with Gasteiger partial charge in [0.05, 0.1) is 5.56 Å². The number of hydrogen-bond donors (Lipinski definition) is 2. The second-order valence-corrected chi connectivity index (χ2v) is 5.39. The predicted octanol–water partition coefficient (Wildman–Crippen LogP) is 2.61. The Morgan fingerprint density at radius 1 is 1.17 bits per heavy atom. The van der Waals surface area contributed by atoms with Crippen LogP contribution in [0, 0.1) is 0 Å². The largest absolute Gasteiger partial charge is 0.478 e. The zero-order valence-electron chi connectivity index (χ0n) is 13.7. The summed E-state index contributed by atoms with van der Waals surface area (Å²) in [6, 6.07) is 14.3. The average Bonchev–Trinajstić information content (AvgIpc) is 2.55. The van der Waals surface area contributed by atoms with E-state index in [0.29, 0.717) is 12.2 Å². The molecule has 0 unspecified atom stereocenters. The number of aromatic carboxylic acids is 1. The van der Waals surface area contributed by atoms with Crippen LogP contribution in [-0.4, -0.2) is 37.7 Å². The smallest absolute Gasteiger partial charge is 0.335 e. The van der Waals surface area contributed by atoms with Crippen molar-refractivity contribution in [2.45, 2.75) is 6.54 Å². The van der Waals surface area contributed by atoms with Crippen molar-refractivity contribution >= 4 is 23.3 Å². The van der Waals surface area contributed by atoms with Gasteiger partial charge in [-0.3, -0.25) is 4.79 Å². The number of ether oxygens (including phenoxy) is 1. The topological polar surface area (TPSA) is 78.9 Å². The quantitative estimate of drug-likeness (QED) is 0.817. The van der Waals surface area contributed by atoms with Crippen molar-refractivity contribution in [1.29, 1.82) is 0 Å². The molecule has 0 saturated heterocycles. The van der Waals surface area contributed by atoms with E-state index in [4.69, 9.17) is 9.84 Å². The lowest BCUT2D eigenvalue weighted by Crippen LogP contribution is -2.19. The summed E-state index contributed by atoms with van der Waals surface area (Å²) in [6.07, 6.45) is 0. The third-order valence-corrected chi connectivity index (χ3v) is 3.47. The summed E-state index contributed by atoms with van der Waals surface area (Å²) in [6.45, 7) is 0.630. The molecule has 0 aromatic heterocycles. The van der Waals surface area contributed by atoms with Gasteiger partial charge in [0.15, 0.2) is 0 Å². The van der Waals surface area contributed by atoms with Gasteiger partial charge in [0.25, 0.3) is 0 Å². The number of methoxy groups -OCH3 is 1. The molecule has 0 saturated carbocycles. The van der Waals surface area contributed by atoms with Crippen molar-refractivity contribution in [3.8, 4) is 0 Å². The highest BCUT2D eigenvalue weighted by molar-refractivity contribution is 5.92. The average molecular weight is 328 g/mol. The summed E-state index contributed by atoms with van der Waals surface area (Å²) in [5.41, 5.74) is 2.90. The molecule has 0 spiro atoms. The number of nitrogens with one attached hydrogen (secondary N) is 1. The molecule has 0 heterocycles. The highest BCUT2D eigenvalue weighted by atomic mass is 16.5. The number of benzene rings is 2. The van der Waals surface area contributed by atoms with E-state index in [0.717, 1.165) is 11.3 Å². The minimum atomic E-state index is -0.936. The van der Waals surface area contributed by atoms with Gasteiger partial charge in [-0.25, -0.2) is 4.79 Å². The zero-order chi connectivity index (χ0) is 17.5. The van der Waals surface area contributed by atoms with Crippen molar-refractivity contribution < 1.29 is 19.4 Å². The number of carbonyl (C=O) groups excluding carboxylic acids is 1. The number of rotatable bonds is 7. The minimum Gasteiger partial charge on any atom is -0.478 e. The Morgan fingerprint density at radius 2 is 1.88 bits per heavy atom. The third-order valence-electron chi connectivity index (χ3n) is 3.47. The Labute approximate surface area is 140 Å². The van der Waals surface area contributed by atoms with Crippen LogP contribution in [0.15, 0.2) is 48.5 Å². The molecule has 0 aliphatic heterocycles. The van der Waals surface area contributed by atoms with Gasteiger partial charge in [-0.2, -0.15) is 0 Å². The standard InChI is InChI=1S/C18H20N2O4/c1-20(11-13-6-8-14(9-7-13)18(22)23)16-5-3-4-15(10-16)19-17(21)12-24-2/h3-10H,11-12H2,1-2H3,(H,19,21)(H,22,23). The molecule has 1 amide bonds. The molecule has 0 aliphatic carbocycles. The molecular weight excluding hydrogens is 308 g/mol. The molecule has 0 aliphatic rings. The van der Waals surface area contributed by atoms with E-state index in [2.05, 4.69) is 5.32 Å². The van der Waals surface area contributed by atoms with Crippen LogP contribution in [0.3, 0.4) is 0 Å². The first kappa shape index (κ1) is 17.5. The van der Waals surface area contributed by atoms with Crippen molar-refractivity contribution in [2.24, 2.45) is 0 Å². The molecule has 24 heavy (non-hydrogen) atoms. The molecular formula is C18H20N2O4. The SMILES string of the molecule is COCC(=O)Nc1cccc(N(C)Cc2ccc(C(=O)O)cc2)c1. The van der Waals surface area contributed by atoms with Crippen molar-refractivity contribution in [3.05, 3.63) is 59.7 Å². The van der Waals surface area contributed by atoms with Crippen LogP contribution in [0.25, 0.3) is 0 Å². The second kappa shape index (κ2) is 8.12. The highest BCUT2D eigenvalue weighted by Crippen LogP contribution is 2.20. The first-order valence-corrected chi connectivity index (χ1v) is 7.42. The van der Waals surface area contributed by atoms with Crippen LogP contribution in [0.5, 0.6) is 0 Å². The monoisotopic (exact) mass is 328 g/mol. The van der Waals surface area contributed by atoms with E-state index >= 15 is 0 Å². The summed E-state index contributed by atoms with van der Waals surface area (Å²) in [7, 11) is 3.40. The van der Waals surface area contributed by atoms with Gasteiger partial charge < -0.3 is 20.1 Å². The van der Waals surface area contributed by atoms with Gasteiger partial charge in [-0.05, 0) is 35.9 Å². The van der Waals surface area contributed by atoms with Crippen molar-refractivity contribution in [3.63, 3.8) is 0 Å². The molecule has 6 nitrogen and oxygen atoms in total. The predicted molar refractivity (Wildman–Crippen MR) is 92.5 cm³/mol. The number of nitrogens with zero attached hydrogens (tertiary/aromatic N) is 1. The number of amides is 1. The fourth-order valence-corrected chi connectivity index (χ4v) is 2.27. The molecule has 2 aromatic rings. The second-order valence-electron chi connectivity index (χ2n) is 5.39. The van der Waals surface area contributed by atoms with Gasteiger partial charge in [0, 0.05) is 32.1 Å². The van der Waals surface area contributed by atoms with Crippen molar-refractivity contribution in [2.75, 3.05) is 31.0 Å². The molecule has 126 valence electrons. The van der Waals surface area contributed by atoms with E-state index in [9.17, 15) is 9.59 Å². The van der Waals surface area contributed by atoms with E-state index in [1.54, 1.807) is 24.3 Å². The number of anilines is 2. The van der Waals surface area contributed by atoms with E-state index in [1.807, 2.05) is 36.2 Å². The lowest BCUT2D eigenvalue weighted by atomic mass is 10.1. The van der Waals surface area contributed by atoms with Crippen molar-refractivity contribution in [1.82, 2.24) is 0 Å². The lowest BCUT2D eigenvalue weighted by molar-refractivity contribution is -0.119. The van der Waals surface area contributed by atoms with Gasteiger partial charge in [0.2, 0.25) is 5.91 Å². The maximum atomic E-state index is 11.6. The van der Waals surface area contributed by atoms with Crippen LogP contribution < -0.4 is 10.2 Å². The fraction of sp³-hybridized carbons (Fsp3) is 0.222. The number of carboxylic acids is 1. The fourth-order valence-electron chi connectivity index (χ4n) is 2.27. The van der Waals surface area contributed by atoms with Gasteiger partial charge >= 0.3 is 5.97 Å². The van der Waals surface area contributed by atoms with Crippen LogP contribution in [0.1, 0.15) is 15.9 Å². The Bertz CT molecular complexity index is 713. The Kier molecular flexibility index (Phi) is 5.92. The van der Waals surface area contributed by atoms with Gasteiger partial charge in [-0.15, -0.1) is 0 Å². The van der Waals surface area contributed by atoms with E-state index in [1.165, 1.54) is 7.11 Å². The highest BCUT2D eigenvalue weighted by Gasteiger charge is 2.07. The molecule has 0 bridgehead atoms. The normalized spacial score (nSPS) is 10.2. The summed E-state index contributed by atoms with van der Waals surface area (Å²) in [4.78, 5) is 24.5. The Balaban J connectivity index is 2.05. The number of hydrogen-bond acceptors (Lipinski definition) is 4. The number of carbonyl (C=O) groups is 2. The van der Waals surface area contributed by atoms with Crippen LogP contribution in [0.2, 0.25) is 0 Å². The van der Waals surface area contributed by atoms with Crippen LogP contribution in [0.4, 0.5) is 11.4 Å². The lowest BCUT2D eigenvalue weighted by Gasteiger charge is -2.20. The first-order chi connectivity index (χ1) is 11.5. The maximum absolute atomic E-state index is 11.6. The summed E-state index contributed by atoms with van der Waals surface area (Å²) in [5, 5.41) is 11.7. The Morgan fingerprint density at radius 3 is 2.50 bits per heavy atom. The minimum absolute atomic E-state index is 0.00991. The maximum Gasteiger partial charge on any atom is 0.335 e. The van der Waals surface area contributed by atoms with E-state index in [-0.39, 0.29) is 18.1 Å². The Hall–Kier alpha value is -2.86. The van der Waals surface area contributed by atoms with E-state index < -0.39 is 5.97 Å². The molecule has 2 N–H and O–H groups in total. The number of carboxylic acid groups (broad SMARTS) is 1. The van der Waals surface area contributed by atoms with Gasteiger partial charge in [-0.1, -0.05) is 18.2 Å². The molecule has 6 heteroatoms.